The third-order valence-electron chi connectivity index (χ3n) is 4.36. The van der Waals surface area contributed by atoms with E-state index in [1.807, 2.05) is 12.1 Å². The molecule has 1 aliphatic rings. The number of rotatable bonds is 5. The van der Waals surface area contributed by atoms with Gasteiger partial charge < -0.3 is 15.5 Å². The average molecular weight is 329 g/mol. The number of hydrogen-bond acceptors (Lipinski definition) is 6. The van der Waals surface area contributed by atoms with Crippen molar-refractivity contribution < 1.29 is 9.21 Å². The van der Waals surface area contributed by atoms with Gasteiger partial charge in [0.15, 0.2) is 0 Å². The van der Waals surface area contributed by atoms with Gasteiger partial charge in [0.2, 0.25) is 5.95 Å². The molecule has 0 saturated carbocycles. The van der Waals surface area contributed by atoms with E-state index in [2.05, 4.69) is 20.2 Å². The van der Waals surface area contributed by atoms with Gasteiger partial charge in [0.1, 0.15) is 5.76 Å². The van der Waals surface area contributed by atoms with Crippen LogP contribution in [-0.2, 0) is 6.54 Å². The molecule has 2 aromatic rings. The van der Waals surface area contributed by atoms with E-state index in [9.17, 15) is 4.79 Å². The van der Waals surface area contributed by atoms with Crippen LogP contribution in [0.2, 0.25) is 0 Å². The van der Waals surface area contributed by atoms with Gasteiger partial charge in [-0.3, -0.25) is 9.69 Å². The number of aromatic nitrogens is 2. The van der Waals surface area contributed by atoms with E-state index in [1.54, 1.807) is 13.2 Å². The third-order valence-corrected chi connectivity index (χ3v) is 4.36. The van der Waals surface area contributed by atoms with Crippen molar-refractivity contribution in [1.29, 1.82) is 0 Å². The highest BCUT2D eigenvalue weighted by Crippen LogP contribution is 2.18. The summed E-state index contributed by atoms with van der Waals surface area (Å²) in [5.41, 5.74) is 6.60. The second-order valence-corrected chi connectivity index (χ2v) is 6.26. The smallest absolute Gasteiger partial charge is 0.254 e. The van der Waals surface area contributed by atoms with Gasteiger partial charge in [-0.25, -0.2) is 9.97 Å². The number of nitrogens with two attached hydrogens (primary N) is 1. The van der Waals surface area contributed by atoms with Crippen LogP contribution < -0.4 is 11.1 Å². The number of nitrogens with zero attached hydrogens (tertiary/aromatic N) is 3. The Kier molecular flexibility index (Phi) is 5.10. The normalized spacial score (nSPS) is 18.5. The highest BCUT2D eigenvalue weighted by Gasteiger charge is 2.21. The van der Waals surface area contributed by atoms with Crippen molar-refractivity contribution >= 4 is 11.9 Å². The summed E-state index contributed by atoms with van der Waals surface area (Å²) in [6.45, 7) is 5.26. The van der Waals surface area contributed by atoms with Crippen molar-refractivity contribution in [2.45, 2.75) is 26.3 Å². The van der Waals surface area contributed by atoms with Crippen LogP contribution in [0, 0.1) is 12.8 Å². The standard InChI is InChI=1S/C17H23N5O2/c1-12-15(9-20-17(18)21-12)16(23)19-8-13-4-2-6-22(10-13)11-14-5-3-7-24-14/h3,5,7,9,13H,2,4,6,8,10-11H2,1H3,(H,19,23)(H2,18,20,21)/t13-/m1/s1. The van der Waals surface area contributed by atoms with Gasteiger partial charge in [-0.1, -0.05) is 0 Å². The summed E-state index contributed by atoms with van der Waals surface area (Å²) in [6.07, 6.45) is 5.43. The zero-order valence-corrected chi connectivity index (χ0v) is 13.9. The Hall–Kier alpha value is -2.41. The van der Waals surface area contributed by atoms with E-state index in [4.69, 9.17) is 10.2 Å². The molecule has 24 heavy (non-hydrogen) atoms. The van der Waals surface area contributed by atoms with Crippen LogP contribution in [0.15, 0.2) is 29.0 Å². The van der Waals surface area contributed by atoms with Crippen molar-refractivity contribution in [3.63, 3.8) is 0 Å². The lowest BCUT2D eigenvalue weighted by Gasteiger charge is -2.32. The van der Waals surface area contributed by atoms with Crippen molar-refractivity contribution in [2.24, 2.45) is 5.92 Å². The summed E-state index contributed by atoms with van der Waals surface area (Å²) in [6, 6.07) is 3.91. The lowest BCUT2D eigenvalue weighted by Crippen LogP contribution is -2.40. The van der Waals surface area contributed by atoms with Crippen LogP contribution in [0.3, 0.4) is 0 Å². The number of anilines is 1. The minimum absolute atomic E-state index is 0.143. The van der Waals surface area contributed by atoms with E-state index in [0.717, 1.165) is 38.2 Å². The molecule has 1 fully saturated rings. The first-order valence-corrected chi connectivity index (χ1v) is 8.24. The van der Waals surface area contributed by atoms with Crippen LogP contribution >= 0.6 is 0 Å². The lowest BCUT2D eigenvalue weighted by molar-refractivity contribution is 0.0927. The van der Waals surface area contributed by atoms with Gasteiger partial charge in [0, 0.05) is 19.3 Å². The Balaban J connectivity index is 1.51. The second-order valence-electron chi connectivity index (χ2n) is 6.26. The first kappa shape index (κ1) is 16.4. The number of aryl methyl sites for hydroxylation is 1. The molecule has 0 spiro atoms. The lowest BCUT2D eigenvalue weighted by atomic mass is 9.97. The second kappa shape index (κ2) is 7.44. The van der Waals surface area contributed by atoms with Gasteiger partial charge >= 0.3 is 0 Å². The number of amides is 1. The Bertz CT molecular complexity index is 686. The molecular formula is C17H23N5O2. The quantitative estimate of drug-likeness (QED) is 0.865. The Morgan fingerprint density at radius 1 is 1.54 bits per heavy atom. The molecule has 0 aliphatic carbocycles. The minimum Gasteiger partial charge on any atom is -0.468 e. The molecule has 1 amide bonds. The number of piperidine rings is 1. The topological polar surface area (TPSA) is 97.3 Å². The zero-order chi connectivity index (χ0) is 16.9. The highest BCUT2D eigenvalue weighted by atomic mass is 16.3. The first-order valence-electron chi connectivity index (χ1n) is 8.24. The molecule has 128 valence electrons. The number of nitrogen functional groups attached to an aromatic ring is 1. The molecule has 3 N–H and O–H groups in total. The molecule has 0 aromatic carbocycles. The summed E-state index contributed by atoms with van der Waals surface area (Å²) in [5.74, 6) is 1.46. The molecule has 1 saturated heterocycles. The van der Waals surface area contributed by atoms with Gasteiger partial charge in [-0.05, 0) is 44.4 Å². The van der Waals surface area contributed by atoms with E-state index < -0.39 is 0 Å². The van der Waals surface area contributed by atoms with E-state index >= 15 is 0 Å². The number of furan rings is 1. The fourth-order valence-electron chi connectivity index (χ4n) is 3.12. The molecule has 7 heteroatoms. The molecular weight excluding hydrogens is 306 g/mol. The fraction of sp³-hybridized carbons (Fsp3) is 0.471. The van der Waals surface area contributed by atoms with Crippen molar-refractivity contribution in [1.82, 2.24) is 20.2 Å². The fourth-order valence-corrected chi connectivity index (χ4v) is 3.12. The summed E-state index contributed by atoms with van der Waals surface area (Å²) >= 11 is 0. The number of hydrogen-bond donors (Lipinski definition) is 2. The number of carbonyl (C=O) groups is 1. The van der Waals surface area contributed by atoms with Gasteiger partial charge in [-0.15, -0.1) is 0 Å². The van der Waals surface area contributed by atoms with Gasteiger partial charge in [-0.2, -0.15) is 0 Å². The molecule has 3 rings (SSSR count). The summed E-state index contributed by atoms with van der Waals surface area (Å²) in [5, 5.41) is 3.00. The Morgan fingerprint density at radius 3 is 3.17 bits per heavy atom. The molecule has 0 radical (unpaired) electrons. The van der Waals surface area contributed by atoms with Crippen molar-refractivity contribution in [2.75, 3.05) is 25.4 Å². The number of nitrogens with one attached hydrogen (secondary N) is 1. The number of likely N-dealkylation sites (tertiary alicyclic amines) is 1. The molecule has 2 aromatic heterocycles. The third kappa shape index (κ3) is 4.11. The maximum Gasteiger partial charge on any atom is 0.254 e. The predicted octanol–water partition coefficient (Wildman–Crippen LogP) is 1.60. The van der Waals surface area contributed by atoms with Crippen molar-refractivity contribution in [3.8, 4) is 0 Å². The molecule has 0 bridgehead atoms. The average Bonchev–Trinajstić information content (AvgIpc) is 3.06. The molecule has 1 atom stereocenters. The maximum atomic E-state index is 12.3. The minimum atomic E-state index is -0.143. The molecule has 1 aliphatic heterocycles. The van der Waals surface area contributed by atoms with Crippen LogP contribution in [0.5, 0.6) is 0 Å². The molecule has 3 heterocycles. The summed E-state index contributed by atoms with van der Waals surface area (Å²) in [7, 11) is 0. The monoisotopic (exact) mass is 329 g/mol. The largest absolute Gasteiger partial charge is 0.468 e. The van der Waals surface area contributed by atoms with Crippen molar-refractivity contribution in [3.05, 3.63) is 41.6 Å². The molecule has 0 unspecified atom stereocenters. The van der Waals surface area contributed by atoms with E-state index in [-0.39, 0.29) is 11.9 Å². The predicted molar refractivity (Wildman–Crippen MR) is 90.2 cm³/mol. The number of carbonyl (C=O) groups excluding carboxylic acids is 1. The Labute approximate surface area is 141 Å². The van der Waals surface area contributed by atoms with Crippen LogP contribution in [0.1, 0.15) is 34.7 Å². The van der Waals surface area contributed by atoms with E-state index in [0.29, 0.717) is 23.7 Å². The summed E-state index contributed by atoms with van der Waals surface area (Å²) in [4.78, 5) is 22.6. The van der Waals surface area contributed by atoms with Crippen LogP contribution in [0.25, 0.3) is 0 Å². The van der Waals surface area contributed by atoms with Gasteiger partial charge in [0.25, 0.3) is 5.91 Å². The SMILES string of the molecule is Cc1nc(N)ncc1C(=O)NC[C@H]1CCCN(Cc2ccco2)C1. The molecule has 7 nitrogen and oxygen atoms in total. The van der Waals surface area contributed by atoms with Gasteiger partial charge in [0.05, 0.1) is 24.1 Å². The highest BCUT2D eigenvalue weighted by molar-refractivity contribution is 5.94. The van der Waals surface area contributed by atoms with Crippen LogP contribution in [0.4, 0.5) is 5.95 Å². The zero-order valence-electron chi connectivity index (χ0n) is 13.9. The van der Waals surface area contributed by atoms with Crippen LogP contribution in [-0.4, -0.2) is 40.4 Å². The van der Waals surface area contributed by atoms with E-state index in [1.165, 1.54) is 6.20 Å². The maximum absolute atomic E-state index is 12.3. The summed E-state index contributed by atoms with van der Waals surface area (Å²) < 4.78 is 5.41. The Morgan fingerprint density at radius 2 is 2.42 bits per heavy atom. The first-order chi connectivity index (χ1) is 11.6.